The highest BCUT2D eigenvalue weighted by Gasteiger charge is 2.09. The SMILES string of the molecule is Nc1cn(-c2cccc(Br)c2)nc1-c1ccc(Cl)cc1. The van der Waals surface area contributed by atoms with Crippen LogP contribution < -0.4 is 5.73 Å². The van der Waals surface area contributed by atoms with E-state index in [9.17, 15) is 0 Å². The predicted octanol–water partition coefficient (Wildman–Crippen LogP) is 4.54. The molecule has 3 rings (SSSR count). The fourth-order valence-electron chi connectivity index (χ4n) is 1.97. The van der Waals surface area contributed by atoms with E-state index in [0.29, 0.717) is 10.7 Å². The summed E-state index contributed by atoms with van der Waals surface area (Å²) in [5.41, 5.74) is 9.34. The molecule has 0 amide bonds. The van der Waals surface area contributed by atoms with Crippen LogP contribution in [0.5, 0.6) is 0 Å². The molecular weight excluding hydrogens is 338 g/mol. The van der Waals surface area contributed by atoms with Gasteiger partial charge in [-0.25, -0.2) is 4.68 Å². The maximum absolute atomic E-state index is 6.06. The summed E-state index contributed by atoms with van der Waals surface area (Å²) < 4.78 is 2.77. The van der Waals surface area contributed by atoms with Gasteiger partial charge in [-0.1, -0.05) is 45.7 Å². The molecule has 0 atom stereocenters. The zero-order valence-corrected chi connectivity index (χ0v) is 12.8. The standard InChI is InChI=1S/C15H11BrClN3/c16-11-2-1-3-13(8-11)20-9-14(18)15(19-20)10-4-6-12(17)7-5-10/h1-9H,18H2. The molecule has 0 spiro atoms. The average molecular weight is 349 g/mol. The molecule has 2 aromatic carbocycles. The lowest BCUT2D eigenvalue weighted by atomic mass is 10.1. The van der Waals surface area contributed by atoms with E-state index in [4.69, 9.17) is 17.3 Å². The second-order valence-electron chi connectivity index (χ2n) is 4.36. The van der Waals surface area contributed by atoms with Crippen LogP contribution in [0.4, 0.5) is 5.69 Å². The van der Waals surface area contributed by atoms with Crippen molar-refractivity contribution < 1.29 is 0 Å². The molecule has 0 aliphatic carbocycles. The van der Waals surface area contributed by atoms with E-state index < -0.39 is 0 Å². The summed E-state index contributed by atoms with van der Waals surface area (Å²) >= 11 is 9.35. The molecule has 3 aromatic rings. The average Bonchev–Trinajstić information content (AvgIpc) is 2.82. The second-order valence-corrected chi connectivity index (χ2v) is 5.72. The Kier molecular flexibility index (Phi) is 3.51. The molecule has 0 fully saturated rings. The van der Waals surface area contributed by atoms with Crippen molar-refractivity contribution in [3.63, 3.8) is 0 Å². The number of hydrogen-bond donors (Lipinski definition) is 1. The molecule has 1 heterocycles. The minimum absolute atomic E-state index is 0.632. The summed E-state index contributed by atoms with van der Waals surface area (Å²) in [4.78, 5) is 0. The van der Waals surface area contributed by atoms with Gasteiger partial charge in [0.25, 0.3) is 0 Å². The first-order valence-corrected chi connectivity index (χ1v) is 7.17. The van der Waals surface area contributed by atoms with E-state index in [2.05, 4.69) is 21.0 Å². The zero-order chi connectivity index (χ0) is 14.1. The van der Waals surface area contributed by atoms with Crippen LogP contribution >= 0.6 is 27.5 Å². The smallest absolute Gasteiger partial charge is 0.116 e. The molecule has 0 saturated heterocycles. The van der Waals surface area contributed by atoms with Crippen molar-refractivity contribution in [3.05, 3.63) is 64.2 Å². The molecule has 3 nitrogen and oxygen atoms in total. The summed E-state index contributed by atoms with van der Waals surface area (Å²) in [6.45, 7) is 0. The van der Waals surface area contributed by atoms with Crippen molar-refractivity contribution in [1.82, 2.24) is 9.78 Å². The van der Waals surface area contributed by atoms with Gasteiger partial charge in [-0.15, -0.1) is 0 Å². The van der Waals surface area contributed by atoms with Crippen LogP contribution in [0.3, 0.4) is 0 Å². The number of nitrogens with two attached hydrogens (primary N) is 1. The fraction of sp³-hybridized carbons (Fsp3) is 0. The minimum Gasteiger partial charge on any atom is -0.396 e. The molecule has 0 aliphatic rings. The molecule has 0 unspecified atom stereocenters. The Bertz CT molecular complexity index is 750. The van der Waals surface area contributed by atoms with Crippen LogP contribution in [0.1, 0.15) is 0 Å². The molecule has 1 aromatic heterocycles. The maximum Gasteiger partial charge on any atom is 0.116 e. The number of aromatic nitrogens is 2. The normalized spacial score (nSPS) is 10.7. The van der Waals surface area contributed by atoms with Gasteiger partial charge in [-0.05, 0) is 30.3 Å². The topological polar surface area (TPSA) is 43.8 Å². The largest absolute Gasteiger partial charge is 0.396 e. The third-order valence-corrected chi connectivity index (χ3v) is 3.68. The van der Waals surface area contributed by atoms with E-state index in [0.717, 1.165) is 21.4 Å². The predicted molar refractivity (Wildman–Crippen MR) is 86.1 cm³/mol. The highest BCUT2D eigenvalue weighted by Crippen LogP contribution is 2.27. The first-order chi connectivity index (χ1) is 9.63. The lowest BCUT2D eigenvalue weighted by Crippen LogP contribution is -1.94. The van der Waals surface area contributed by atoms with Crippen molar-refractivity contribution in [3.8, 4) is 16.9 Å². The van der Waals surface area contributed by atoms with Crippen LogP contribution in [-0.4, -0.2) is 9.78 Å². The van der Waals surface area contributed by atoms with Crippen LogP contribution in [0.15, 0.2) is 59.2 Å². The Morgan fingerprint density at radius 1 is 1.10 bits per heavy atom. The summed E-state index contributed by atoms with van der Waals surface area (Å²) in [7, 11) is 0. The Morgan fingerprint density at radius 2 is 1.85 bits per heavy atom. The molecule has 20 heavy (non-hydrogen) atoms. The van der Waals surface area contributed by atoms with Gasteiger partial charge in [0.15, 0.2) is 0 Å². The van der Waals surface area contributed by atoms with Gasteiger partial charge in [-0.3, -0.25) is 0 Å². The van der Waals surface area contributed by atoms with Gasteiger partial charge in [0, 0.05) is 15.1 Å². The number of nitrogens with zero attached hydrogens (tertiary/aromatic N) is 2. The lowest BCUT2D eigenvalue weighted by molar-refractivity contribution is 0.884. The number of benzene rings is 2. The van der Waals surface area contributed by atoms with Crippen molar-refractivity contribution >= 4 is 33.2 Å². The lowest BCUT2D eigenvalue weighted by Gasteiger charge is -2.01. The Labute approximate surface area is 130 Å². The van der Waals surface area contributed by atoms with Crippen LogP contribution in [-0.2, 0) is 0 Å². The van der Waals surface area contributed by atoms with Crippen molar-refractivity contribution in [1.29, 1.82) is 0 Å². The molecule has 0 saturated carbocycles. The van der Waals surface area contributed by atoms with Crippen LogP contribution in [0.2, 0.25) is 5.02 Å². The van der Waals surface area contributed by atoms with Gasteiger partial charge in [0.2, 0.25) is 0 Å². The maximum atomic E-state index is 6.06. The van der Waals surface area contributed by atoms with E-state index in [1.807, 2.05) is 54.7 Å². The first kappa shape index (κ1) is 13.2. The van der Waals surface area contributed by atoms with E-state index >= 15 is 0 Å². The fourth-order valence-corrected chi connectivity index (χ4v) is 2.48. The summed E-state index contributed by atoms with van der Waals surface area (Å²) in [6, 6.07) is 15.4. The third-order valence-electron chi connectivity index (χ3n) is 2.93. The van der Waals surface area contributed by atoms with Gasteiger partial charge >= 0.3 is 0 Å². The summed E-state index contributed by atoms with van der Waals surface area (Å²) in [5, 5.41) is 5.24. The number of hydrogen-bond acceptors (Lipinski definition) is 2. The molecule has 100 valence electrons. The second kappa shape index (κ2) is 5.31. The molecule has 0 aliphatic heterocycles. The Hall–Kier alpha value is -1.78. The van der Waals surface area contributed by atoms with E-state index in [1.54, 1.807) is 4.68 Å². The van der Waals surface area contributed by atoms with E-state index in [1.165, 1.54) is 0 Å². The van der Waals surface area contributed by atoms with Gasteiger partial charge in [0.05, 0.1) is 17.6 Å². The Morgan fingerprint density at radius 3 is 2.55 bits per heavy atom. The highest BCUT2D eigenvalue weighted by molar-refractivity contribution is 9.10. The van der Waals surface area contributed by atoms with Crippen molar-refractivity contribution in [2.45, 2.75) is 0 Å². The molecule has 0 bridgehead atoms. The van der Waals surface area contributed by atoms with Crippen molar-refractivity contribution in [2.24, 2.45) is 0 Å². The zero-order valence-electron chi connectivity index (χ0n) is 10.4. The number of anilines is 1. The molecule has 2 N–H and O–H groups in total. The first-order valence-electron chi connectivity index (χ1n) is 6.00. The van der Waals surface area contributed by atoms with E-state index in [-0.39, 0.29) is 0 Å². The van der Waals surface area contributed by atoms with Gasteiger partial charge in [-0.2, -0.15) is 5.10 Å². The number of rotatable bonds is 2. The molecular formula is C15H11BrClN3. The Balaban J connectivity index is 2.05. The quantitative estimate of drug-likeness (QED) is 0.739. The minimum atomic E-state index is 0.632. The highest BCUT2D eigenvalue weighted by atomic mass is 79.9. The summed E-state index contributed by atoms with van der Waals surface area (Å²) in [6.07, 6.45) is 1.81. The van der Waals surface area contributed by atoms with Crippen LogP contribution in [0.25, 0.3) is 16.9 Å². The van der Waals surface area contributed by atoms with Crippen LogP contribution in [0, 0.1) is 0 Å². The van der Waals surface area contributed by atoms with Crippen molar-refractivity contribution in [2.75, 3.05) is 5.73 Å². The molecule has 0 radical (unpaired) electrons. The number of halogens is 2. The summed E-state index contributed by atoms with van der Waals surface area (Å²) in [5.74, 6) is 0. The van der Waals surface area contributed by atoms with Gasteiger partial charge in [0.1, 0.15) is 5.69 Å². The monoisotopic (exact) mass is 347 g/mol. The van der Waals surface area contributed by atoms with Gasteiger partial charge < -0.3 is 5.73 Å². The third kappa shape index (κ3) is 2.57. The molecule has 5 heteroatoms. The number of nitrogen functional groups attached to an aromatic ring is 1.